The van der Waals surface area contributed by atoms with Crippen LogP contribution in [-0.4, -0.2) is 23.6 Å². The molecule has 0 atom stereocenters. The molecule has 1 heterocycles. The van der Waals surface area contributed by atoms with Gasteiger partial charge in [0.2, 0.25) is 0 Å². The second-order valence-electron chi connectivity index (χ2n) is 4.27. The molecule has 1 N–H and O–H groups in total. The van der Waals surface area contributed by atoms with Crippen LogP contribution in [0.3, 0.4) is 0 Å². The Morgan fingerprint density at radius 3 is 2.87 bits per heavy atom. The highest BCUT2D eigenvalue weighted by Crippen LogP contribution is 2.05. The van der Waals surface area contributed by atoms with Crippen LogP contribution in [0.4, 0.5) is 0 Å². The summed E-state index contributed by atoms with van der Waals surface area (Å²) in [6.45, 7) is 5.45. The van der Waals surface area contributed by atoms with Gasteiger partial charge in [0.05, 0.1) is 0 Å². The molecule has 0 unspecified atom stereocenters. The van der Waals surface area contributed by atoms with E-state index < -0.39 is 0 Å². The molecule has 0 bridgehead atoms. The van der Waals surface area contributed by atoms with Crippen LogP contribution in [-0.2, 0) is 12.8 Å². The van der Waals surface area contributed by atoms with Crippen LogP contribution in [0.5, 0.6) is 0 Å². The van der Waals surface area contributed by atoms with Gasteiger partial charge in [-0.2, -0.15) is 0 Å². The summed E-state index contributed by atoms with van der Waals surface area (Å²) in [6.07, 6.45) is 4.98. The molecule has 0 fully saturated rings. The van der Waals surface area contributed by atoms with Gasteiger partial charge in [0, 0.05) is 18.3 Å². The monoisotopic (exact) mass is 207 g/mol. The van der Waals surface area contributed by atoms with E-state index in [-0.39, 0.29) is 0 Å². The molecule has 0 radical (unpaired) electrons. The van der Waals surface area contributed by atoms with Crippen LogP contribution >= 0.6 is 0 Å². The predicted molar refractivity (Wildman–Crippen MR) is 62.8 cm³/mol. The first-order valence-corrected chi connectivity index (χ1v) is 5.67. The van der Waals surface area contributed by atoms with E-state index >= 15 is 0 Å². The first kappa shape index (κ1) is 12.1. The third-order valence-electron chi connectivity index (χ3n) is 2.21. The van der Waals surface area contributed by atoms with Crippen LogP contribution in [0.1, 0.15) is 31.8 Å². The molecule has 0 aliphatic heterocycles. The summed E-state index contributed by atoms with van der Waals surface area (Å²) in [7, 11) is 1.97. The molecule has 0 saturated carbocycles. The topological polar surface area (TPSA) is 37.8 Å². The van der Waals surface area contributed by atoms with Gasteiger partial charge in [0.15, 0.2) is 0 Å². The molecule has 84 valence electrons. The van der Waals surface area contributed by atoms with Crippen molar-refractivity contribution in [3.63, 3.8) is 0 Å². The number of aryl methyl sites for hydroxylation is 1. The lowest BCUT2D eigenvalue weighted by Gasteiger charge is -2.05. The minimum absolute atomic E-state index is 0.657. The fourth-order valence-corrected chi connectivity index (χ4v) is 1.52. The van der Waals surface area contributed by atoms with Crippen molar-refractivity contribution >= 4 is 0 Å². The molecule has 0 spiro atoms. The number of hydrogen-bond acceptors (Lipinski definition) is 3. The second kappa shape index (κ2) is 6.51. The van der Waals surface area contributed by atoms with Crippen molar-refractivity contribution < 1.29 is 0 Å². The van der Waals surface area contributed by atoms with Crippen LogP contribution in [0.2, 0.25) is 0 Å². The fourth-order valence-electron chi connectivity index (χ4n) is 1.52. The Morgan fingerprint density at radius 2 is 2.20 bits per heavy atom. The highest BCUT2D eigenvalue weighted by Gasteiger charge is 2.01. The van der Waals surface area contributed by atoms with Gasteiger partial charge in [0.1, 0.15) is 5.82 Å². The quantitative estimate of drug-likeness (QED) is 0.723. The zero-order valence-electron chi connectivity index (χ0n) is 9.95. The standard InChI is InChI=1S/C12H21N3/c1-10(2)9-11-6-8-14-12(15-11)5-4-7-13-3/h6,8,10,13H,4-5,7,9H2,1-3H3. The van der Waals surface area contributed by atoms with Crippen molar-refractivity contribution in [3.05, 3.63) is 23.8 Å². The Bertz CT molecular complexity index is 284. The third kappa shape index (κ3) is 4.88. The third-order valence-corrected chi connectivity index (χ3v) is 2.21. The summed E-state index contributed by atoms with van der Waals surface area (Å²) in [5, 5.41) is 3.13. The summed E-state index contributed by atoms with van der Waals surface area (Å²) >= 11 is 0. The summed E-state index contributed by atoms with van der Waals surface area (Å²) < 4.78 is 0. The maximum Gasteiger partial charge on any atom is 0.128 e. The number of rotatable bonds is 6. The summed E-state index contributed by atoms with van der Waals surface area (Å²) in [5.74, 6) is 1.63. The number of aromatic nitrogens is 2. The number of nitrogens with one attached hydrogen (secondary N) is 1. The molecule has 1 aromatic rings. The van der Waals surface area contributed by atoms with Crippen LogP contribution in [0.15, 0.2) is 12.3 Å². The van der Waals surface area contributed by atoms with E-state index in [0.717, 1.165) is 31.6 Å². The molecule has 1 aromatic heterocycles. The molecule has 0 aliphatic carbocycles. The van der Waals surface area contributed by atoms with E-state index in [4.69, 9.17) is 0 Å². The lowest BCUT2D eigenvalue weighted by Crippen LogP contribution is -2.10. The van der Waals surface area contributed by atoms with Gasteiger partial charge in [-0.05, 0) is 38.4 Å². The number of hydrogen-bond donors (Lipinski definition) is 1. The van der Waals surface area contributed by atoms with Crippen molar-refractivity contribution in [1.29, 1.82) is 0 Å². The summed E-state index contributed by atoms with van der Waals surface area (Å²) in [5.41, 5.74) is 1.17. The lowest BCUT2D eigenvalue weighted by molar-refractivity contribution is 0.626. The van der Waals surface area contributed by atoms with Gasteiger partial charge >= 0.3 is 0 Å². The molecule has 15 heavy (non-hydrogen) atoms. The van der Waals surface area contributed by atoms with Gasteiger partial charge in [-0.1, -0.05) is 13.8 Å². The maximum absolute atomic E-state index is 4.55. The minimum Gasteiger partial charge on any atom is -0.320 e. The largest absolute Gasteiger partial charge is 0.320 e. The Hall–Kier alpha value is -0.960. The summed E-state index contributed by atoms with van der Waals surface area (Å²) in [4.78, 5) is 8.83. The van der Waals surface area contributed by atoms with E-state index in [0.29, 0.717) is 5.92 Å². The van der Waals surface area contributed by atoms with E-state index in [9.17, 15) is 0 Å². The van der Waals surface area contributed by atoms with Crippen LogP contribution < -0.4 is 5.32 Å². The van der Waals surface area contributed by atoms with Crippen molar-refractivity contribution in [1.82, 2.24) is 15.3 Å². The Morgan fingerprint density at radius 1 is 1.40 bits per heavy atom. The highest BCUT2D eigenvalue weighted by molar-refractivity contribution is 5.03. The highest BCUT2D eigenvalue weighted by atomic mass is 14.9. The van der Waals surface area contributed by atoms with Crippen molar-refractivity contribution in [2.75, 3.05) is 13.6 Å². The SMILES string of the molecule is CNCCCc1nccc(CC(C)C)n1. The van der Waals surface area contributed by atoms with Gasteiger partial charge < -0.3 is 5.32 Å². The molecule has 3 heteroatoms. The van der Waals surface area contributed by atoms with Gasteiger partial charge in [-0.25, -0.2) is 9.97 Å². The average molecular weight is 207 g/mol. The van der Waals surface area contributed by atoms with Crippen LogP contribution in [0, 0.1) is 5.92 Å². The van der Waals surface area contributed by atoms with Crippen molar-refractivity contribution in [3.8, 4) is 0 Å². The van der Waals surface area contributed by atoms with Crippen molar-refractivity contribution in [2.45, 2.75) is 33.1 Å². The summed E-state index contributed by atoms with van der Waals surface area (Å²) in [6, 6.07) is 2.02. The average Bonchev–Trinajstić information content (AvgIpc) is 2.18. The van der Waals surface area contributed by atoms with E-state index in [1.165, 1.54) is 5.69 Å². The normalized spacial score (nSPS) is 10.9. The van der Waals surface area contributed by atoms with Gasteiger partial charge in [-0.3, -0.25) is 0 Å². The smallest absolute Gasteiger partial charge is 0.128 e. The molecule has 0 aliphatic rings. The Kier molecular flexibility index (Phi) is 5.26. The molecule has 0 amide bonds. The second-order valence-corrected chi connectivity index (χ2v) is 4.27. The zero-order chi connectivity index (χ0) is 11.1. The zero-order valence-corrected chi connectivity index (χ0v) is 9.95. The van der Waals surface area contributed by atoms with Crippen LogP contribution in [0.25, 0.3) is 0 Å². The minimum atomic E-state index is 0.657. The molecular weight excluding hydrogens is 186 g/mol. The predicted octanol–water partition coefficient (Wildman–Crippen LogP) is 1.83. The fraction of sp³-hybridized carbons (Fsp3) is 0.667. The maximum atomic E-state index is 4.55. The van der Waals surface area contributed by atoms with Gasteiger partial charge in [0.25, 0.3) is 0 Å². The first-order valence-electron chi connectivity index (χ1n) is 5.67. The first-order chi connectivity index (χ1) is 7.22. The molecule has 3 nitrogen and oxygen atoms in total. The Labute approximate surface area is 92.3 Å². The molecule has 0 aromatic carbocycles. The molecule has 1 rings (SSSR count). The molecular formula is C12H21N3. The number of nitrogens with zero attached hydrogens (tertiary/aromatic N) is 2. The van der Waals surface area contributed by atoms with E-state index in [1.807, 2.05) is 19.3 Å². The van der Waals surface area contributed by atoms with Gasteiger partial charge in [-0.15, -0.1) is 0 Å². The molecule has 0 saturated heterocycles. The van der Waals surface area contributed by atoms with E-state index in [1.54, 1.807) is 0 Å². The van der Waals surface area contributed by atoms with E-state index in [2.05, 4.69) is 29.1 Å². The van der Waals surface area contributed by atoms with Crippen molar-refractivity contribution in [2.24, 2.45) is 5.92 Å². The Balaban J connectivity index is 2.50. The lowest BCUT2D eigenvalue weighted by atomic mass is 10.1.